The Labute approximate surface area is 132 Å². The van der Waals surface area contributed by atoms with Gasteiger partial charge in [-0.15, -0.1) is 0 Å². The van der Waals surface area contributed by atoms with E-state index in [1.807, 2.05) is 18.2 Å². The molecule has 0 atom stereocenters. The molecule has 112 valence electrons. The maximum absolute atomic E-state index is 12.1. The molecule has 0 aliphatic rings. The second-order valence-electron chi connectivity index (χ2n) is 4.62. The zero-order valence-electron chi connectivity index (χ0n) is 12.1. The second-order valence-corrected chi connectivity index (χ2v) is 5.48. The topological polar surface area (TPSA) is 56.1 Å². The number of hydrogen-bond donors (Lipinski definition) is 1. The van der Waals surface area contributed by atoms with Crippen LogP contribution in [0.5, 0.6) is 5.75 Å². The van der Waals surface area contributed by atoms with Crippen molar-refractivity contribution in [1.82, 2.24) is 9.78 Å². The van der Waals surface area contributed by atoms with Crippen molar-refractivity contribution in [2.75, 3.05) is 19.0 Å². The summed E-state index contributed by atoms with van der Waals surface area (Å²) in [6.45, 7) is 3.29. The molecule has 2 rings (SSSR count). The SMILES string of the molecule is CCCNc1cnn(Cc2cc(OC)ccc2Br)c(=O)c1. The number of benzene rings is 1. The van der Waals surface area contributed by atoms with Crippen molar-refractivity contribution in [2.45, 2.75) is 19.9 Å². The highest BCUT2D eigenvalue weighted by Gasteiger charge is 2.06. The van der Waals surface area contributed by atoms with Gasteiger partial charge in [0.1, 0.15) is 5.75 Å². The van der Waals surface area contributed by atoms with Crippen molar-refractivity contribution < 1.29 is 4.74 Å². The maximum atomic E-state index is 12.1. The van der Waals surface area contributed by atoms with E-state index in [0.29, 0.717) is 6.54 Å². The van der Waals surface area contributed by atoms with Gasteiger partial charge in [0.2, 0.25) is 0 Å². The molecule has 1 N–H and O–H groups in total. The normalized spacial score (nSPS) is 10.4. The van der Waals surface area contributed by atoms with E-state index in [9.17, 15) is 4.79 Å². The minimum atomic E-state index is -0.133. The fourth-order valence-electron chi connectivity index (χ4n) is 1.88. The van der Waals surface area contributed by atoms with Crippen LogP contribution in [-0.4, -0.2) is 23.4 Å². The van der Waals surface area contributed by atoms with Gasteiger partial charge in [0.05, 0.1) is 25.5 Å². The quantitative estimate of drug-likeness (QED) is 0.869. The lowest BCUT2D eigenvalue weighted by Gasteiger charge is -2.10. The van der Waals surface area contributed by atoms with Crippen LogP contribution in [-0.2, 0) is 6.54 Å². The van der Waals surface area contributed by atoms with Gasteiger partial charge < -0.3 is 10.1 Å². The van der Waals surface area contributed by atoms with Crippen molar-refractivity contribution in [3.8, 4) is 5.75 Å². The van der Waals surface area contributed by atoms with E-state index in [2.05, 4.69) is 33.3 Å². The molecule has 0 unspecified atom stereocenters. The van der Waals surface area contributed by atoms with E-state index in [4.69, 9.17) is 4.74 Å². The first-order chi connectivity index (χ1) is 10.1. The molecule has 5 nitrogen and oxygen atoms in total. The first kappa shape index (κ1) is 15.6. The maximum Gasteiger partial charge on any atom is 0.269 e. The van der Waals surface area contributed by atoms with Crippen LogP contribution in [0.1, 0.15) is 18.9 Å². The van der Waals surface area contributed by atoms with Crippen LogP contribution in [0.2, 0.25) is 0 Å². The molecule has 0 saturated carbocycles. The summed E-state index contributed by atoms with van der Waals surface area (Å²) in [4.78, 5) is 12.1. The van der Waals surface area contributed by atoms with Crippen molar-refractivity contribution >= 4 is 21.6 Å². The Morgan fingerprint density at radius 2 is 2.19 bits per heavy atom. The number of aromatic nitrogens is 2. The van der Waals surface area contributed by atoms with Crippen LogP contribution >= 0.6 is 15.9 Å². The zero-order chi connectivity index (χ0) is 15.2. The Kier molecular flexibility index (Phi) is 5.38. The van der Waals surface area contributed by atoms with Crippen molar-refractivity contribution in [1.29, 1.82) is 0 Å². The highest BCUT2D eigenvalue weighted by Crippen LogP contribution is 2.22. The number of rotatable bonds is 6. The predicted molar refractivity (Wildman–Crippen MR) is 87.1 cm³/mol. The molecule has 1 aromatic heterocycles. The summed E-state index contributed by atoms with van der Waals surface area (Å²) in [5, 5.41) is 7.35. The van der Waals surface area contributed by atoms with Gasteiger partial charge in [-0.05, 0) is 30.2 Å². The summed E-state index contributed by atoms with van der Waals surface area (Å²) in [7, 11) is 1.62. The molecule has 0 saturated heterocycles. The second kappa shape index (κ2) is 7.26. The third-order valence-electron chi connectivity index (χ3n) is 3.02. The van der Waals surface area contributed by atoms with Gasteiger partial charge in [0.25, 0.3) is 5.56 Å². The van der Waals surface area contributed by atoms with Crippen LogP contribution in [0.3, 0.4) is 0 Å². The molecule has 1 heterocycles. The number of nitrogens with zero attached hydrogens (tertiary/aromatic N) is 2. The molecule has 6 heteroatoms. The summed E-state index contributed by atoms with van der Waals surface area (Å²) in [5.41, 5.74) is 1.56. The molecule has 0 bridgehead atoms. The van der Waals surface area contributed by atoms with Gasteiger partial charge in [-0.3, -0.25) is 4.79 Å². The Bertz CT molecular complexity index is 670. The van der Waals surface area contributed by atoms with E-state index in [1.165, 1.54) is 4.68 Å². The highest BCUT2D eigenvalue weighted by molar-refractivity contribution is 9.10. The largest absolute Gasteiger partial charge is 0.497 e. The van der Waals surface area contributed by atoms with Crippen molar-refractivity contribution in [2.24, 2.45) is 0 Å². The minimum absolute atomic E-state index is 0.133. The monoisotopic (exact) mass is 351 g/mol. The van der Waals surface area contributed by atoms with E-state index in [0.717, 1.165) is 34.4 Å². The average Bonchev–Trinajstić information content (AvgIpc) is 2.49. The number of ether oxygens (including phenoxy) is 1. The number of hydrogen-bond acceptors (Lipinski definition) is 4. The summed E-state index contributed by atoms with van der Waals surface area (Å²) in [6.07, 6.45) is 2.67. The molecule has 2 aromatic rings. The van der Waals surface area contributed by atoms with Gasteiger partial charge in [-0.2, -0.15) is 5.10 Å². The third kappa shape index (κ3) is 4.07. The van der Waals surface area contributed by atoms with E-state index < -0.39 is 0 Å². The fraction of sp³-hybridized carbons (Fsp3) is 0.333. The average molecular weight is 352 g/mol. The van der Waals surface area contributed by atoms with Crippen LogP contribution in [0.15, 0.2) is 39.7 Å². The Balaban J connectivity index is 2.22. The van der Waals surface area contributed by atoms with Gasteiger partial charge in [-0.1, -0.05) is 22.9 Å². The lowest BCUT2D eigenvalue weighted by molar-refractivity contribution is 0.414. The lowest BCUT2D eigenvalue weighted by atomic mass is 10.2. The van der Waals surface area contributed by atoms with Gasteiger partial charge >= 0.3 is 0 Å². The number of halogens is 1. The van der Waals surface area contributed by atoms with Crippen LogP contribution in [0, 0.1) is 0 Å². The van der Waals surface area contributed by atoms with Crippen LogP contribution < -0.4 is 15.6 Å². The lowest BCUT2D eigenvalue weighted by Crippen LogP contribution is -2.23. The van der Waals surface area contributed by atoms with Gasteiger partial charge in [-0.25, -0.2) is 4.68 Å². The summed E-state index contributed by atoms with van der Waals surface area (Å²) < 4.78 is 7.55. The number of anilines is 1. The summed E-state index contributed by atoms with van der Waals surface area (Å²) >= 11 is 3.48. The molecule has 0 radical (unpaired) electrons. The molecule has 0 spiro atoms. The molecule has 21 heavy (non-hydrogen) atoms. The summed E-state index contributed by atoms with van der Waals surface area (Å²) in [5.74, 6) is 0.752. The molecule has 0 fully saturated rings. The minimum Gasteiger partial charge on any atom is -0.497 e. The Morgan fingerprint density at radius 1 is 1.38 bits per heavy atom. The van der Waals surface area contributed by atoms with E-state index in [-0.39, 0.29) is 5.56 Å². The van der Waals surface area contributed by atoms with Gasteiger partial charge in [0.15, 0.2) is 0 Å². The zero-order valence-corrected chi connectivity index (χ0v) is 13.7. The van der Waals surface area contributed by atoms with Crippen LogP contribution in [0.25, 0.3) is 0 Å². The molecule has 1 aromatic carbocycles. The predicted octanol–water partition coefficient (Wildman–Crippen LogP) is 2.88. The standard InChI is InChI=1S/C15H18BrN3O2/c1-3-6-17-12-8-15(20)19(18-9-12)10-11-7-13(21-2)4-5-14(11)16/h4-5,7-9,17H,3,6,10H2,1-2H3. The highest BCUT2D eigenvalue weighted by atomic mass is 79.9. The Morgan fingerprint density at radius 3 is 2.86 bits per heavy atom. The molecule has 0 aliphatic heterocycles. The van der Waals surface area contributed by atoms with E-state index in [1.54, 1.807) is 19.4 Å². The van der Waals surface area contributed by atoms with Crippen LogP contribution in [0.4, 0.5) is 5.69 Å². The first-order valence-corrected chi connectivity index (χ1v) is 7.56. The molecule has 0 aliphatic carbocycles. The van der Waals surface area contributed by atoms with E-state index >= 15 is 0 Å². The number of methoxy groups -OCH3 is 1. The van der Waals surface area contributed by atoms with Gasteiger partial charge in [0, 0.05) is 17.1 Å². The molecular formula is C15H18BrN3O2. The molecule has 0 amide bonds. The Hall–Kier alpha value is -1.82. The third-order valence-corrected chi connectivity index (χ3v) is 3.80. The summed E-state index contributed by atoms with van der Waals surface area (Å²) in [6, 6.07) is 7.22. The first-order valence-electron chi connectivity index (χ1n) is 6.77. The fourth-order valence-corrected chi connectivity index (χ4v) is 2.25. The molecular weight excluding hydrogens is 334 g/mol. The van der Waals surface area contributed by atoms with Crippen molar-refractivity contribution in [3.05, 3.63) is 50.9 Å². The number of nitrogens with one attached hydrogen (secondary N) is 1. The van der Waals surface area contributed by atoms with Crippen molar-refractivity contribution in [3.63, 3.8) is 0 Å². The smallest absolute Gasteiger partial charge is 0.269 e.